The van der Waals surface area contributed by atoms with Gasteiger partial charge in [0.1, 0.15) is 0 Å². The summed E-state index contributed by atoms with van der Waals surface area (Å²) in [4.78, 5) is 2.62. The summed E-state index contributed by atoms with van der Waals surface area (Å²) >= 11 is 0. The van der Waals surface area contributed by atoms with Crippen LogP contribution in [0.4, 0.5) is 0 Å². The average molecular weight is 329 g/mol. The molecule has 1 aliphatic carbocycles. The lowest BCUT2D eigenvalue weighted by molar-refractivity contribution is 0.140. The van der Waals surface area contributed by atoms with Gasteiger partial charge in [-0.15, -0.1) is 0 Å². The Hall–Kier alpha value is -0.860. The van der Waals surface area contributed by atoms with E-state index in [4.69, 9.17) is 0 Å². The zero-order valence-corrected chi connectivity index (χ0v) is 15.9. The SMILES string of the molecule is CC(C)(C)C1CCC(NC2CCN(Cc3ccccc3)CC2)CC1. The molecular weight excluding hydrogens is 292 g/mol. The molecule has 0 aromatic heterocycles. The first-order valence-electron chi connectivity index (χ1n) is 10.0. The van der Waals surface area contributed by atoms with Gasteiger partial charge in [-0.05, 0) is 68.5 Å². The molecule has 24 heavy (non-hydrogen) atoms. The van der Waals surface area contributed by atoms with Gasteiger partial charge in [0.05, 0.1) is 0 Å². The second-order valence-electron chi connectivity index (χ2n) is 9.12. The van der Waals surface area contributed by atoms with Crippen LogP contribution in [0.25, 0.3) is 0 Å². The molecule has 1 N–H and O–H groups in total. The minimum Gasteiger partial charge on any atom is -0.311 e. The maximum Gasteiger partial charge on any atom is 0.0233 e. The third-order valence-corrected chi connectivity index (χ3v) is 6.26. The molecule has 1 aromatic rings. The van der Waals surface area contributed by atoms with Gasteiger partial charge in [0.2, 0.25) is 0 Å². The van der Waals surface area contributed by atoms with Gasteiger partial charge in [0.15, 0.2) is 0 Å². The van der Waals surface area contributed by atoms with E-state index in [1.165, 1.54) is 57.2 Å². The van der Waals surface area contributed by atoms with E-state index in [1.807, 2.05) is 0 Å². The fourth-order valence-corrected chi connectivity index (χ4v) is 4.56. The van der Waals surface area contributed by atoms with Crippen LogP contribution in [0.2, 0.25) is 0 Å². The van der Waals surface area contributed by atoms with Gasteiger partial charge in [-0.3, -0.25) is 4.90 Å². The predicted octanol–water partition coefficient (Wildman–Crippen LogP) is 4.85. The fraction of sp³-hybridized carbons (Fsp3) is 0.727. The normalized spacial score (nSPS) is 27.3. The highest BCUT2D eigenvalue weighted by atomic mass is 15.1. The van der Waals surface area contributed by atoms with E-state index in [0.717, 1.165) is 24.5 Å². The molecule has 1 saturated heterocycles. The van der Waals surface area contributed by atoms with Gasteiger partial charge in [-0.2, -0.15) is 0 Å². The molecule has 1 aliphatic heterocycles. The summed E-state index contributed by atoms with van der Waals surface area (Å²) in [5.74, 6) is 0.920. The summed E-state index contributed by atoms with van der Waals surface area (Å²) in [5, 5.41) is 3.99. The third kappa shape index (κ3) is 5.07. The first-order valence-corrected chi connectivity index (χ1v) is 10.0. The Morgan fingerprint density at radius 2 is 1.46 bits per heavy atom. The first-order chi connectivity index (χ1) is 11.5. The van der Waals surface area contributed by atoms with Crippen LogP contribution in [0, 0.1) is 11.3 Å². The summed E-state index contributed by atoms with van der Waals surface area (Å²) < 4.78 is 0. The molecule has 1 saturated carbocycles. The lowest BCUT2D eigenvalue weighted by atomic mass is 9.71. The standard InChI is InChI=1S/C22H36N2/c1-22(2,3)19-9-11-20(12-10-19)23-21-13-15-24(16-14-21)17-18-7-5-4-6-8-18/h4-8,19-21,23H,9-17H2,1-3H3. The van der Waals surface area contributed by atoms with E-state index in [2.05, 4.69) is 61.3 Å². The van der Waals surface area contributed by atoms with E-state index in [-0.39, 0.29) is 0 Å². The van der Waals surface area contributed by atoms with E-state index < -0.39 is 0 Å². The molecule has 0 unspecified atom stereocenters. The second kappa shape index (κ2) is 8.01. The van der Waals surface area contributed by atoms with Crippen molar-refractivity contribution in [3.8, 4) is 0 Å². The van der Waals surface area contributed by atoms with Crippen LogP contribution < -0.4 is 5.32 Å². The van der Waals surface area contributed by atoms with Crippen molar-refractivity contribution in [3.05, 3.63) is 35.9 Å². The summed E-state index contributed by atoms with van der Waals surface area (Å²) in [6, 6.07) is 12.4. The Morgan fingerprint density at radius 3 is 2.04 bits per heavy atom. The zero-order valence-electron chi connectivity index (χ0n) is 15.9. The Labute approximate surface area is 149 Å². The highest BCUT2D eigenvalue weighted by Gasteiger charge is 2.30. The summed E-state index contributed by atoms with van der Waals surface area (Å²) in [5.41, 5.74) is 1.94. The topological polar surface area (TPSA) is 15.3 Å². The fourth-order valence-electron chi connectivity index (χ4n) is 4.56. The molecule has 1 heterocycles. The highest BCUT2D eigenvalue weighted by Crippen LogP contribution is 2.38. The van der Waals surface area contributed by atoms with Crippen LogP contribution in [0.3, 0.4) is 0 Å². The van der Waals surface area contributed by atoms with Crippen molar-refractivity contribution in [1.29, 1.82) is 0 Å². The minimum atomic E-state index is 0.494. The summed E-state index contributed by atoms with van der Waals surface area (Å²) in [7, 11) is 0. The van der Waals surface area contributed by atoms with Gasteiger partial charge in [0, 0.05) is 18.6 Å². The molecule has 2 fully saturated rings. The third-order valence-electron chi connectivity index (χ3n) is 6.26. The van der Waals surface area contributed by atoms with Crippen LogP contribution in [-0.2, 0) is 6.54 Å². The Balaban J connectivity index is 1.37. The molecule has 0 atom stereocenters. The van der Waals surface area contributed by atoms with E-state index in [9.17, 15) is 0 Å². The molecule has 3 rings (SSSR count). The van der Waals surface area contributed by atoms with Crippen molar-refractivity contribution in [1.82, 2.24) is 10.2 Å². The molecule has 2 heteroatoms. The van der Waals surface area contributed by atoms with Gasteiger partial charge < -0.3 is 5.32 Å². The lowest BCUT2D eigenvalue weighted by Crippen LogP contribution is -2.47. The molecule has 0 bridgehead atoms. The Morgan fingerprint density at radius 1 is 0.875 bits per heavy atom. The number of hydrogen-bond donors (Lipinski definition) is 1. The van der Waals surface area contributed by atoms with Crippen molar-refractivity contribution in [2.45, 2.75) is 77.9 Å². The van der Waals surface area contributed by atoms with Crippen LogP contribution in [-0.4, -0.2) is 30.1 Å². The van der Waals surface area contributed by atoms with Crippen molar-refractivity contribution in [2.24, 2.45) is 11.3 Å². The number of rotatable bonds is 4. The maximum atomic E-state index is 3.99. The molecule has 134 valence electrons. The number of likely N-dealkylation sites (tertiary alicyclic amines) is 1. The highest BCUT2D eigenvalue weighted by molar-refractivity contribution is 5.14. The second-order valence-corrected chi connectivity index (χ2v) is 9.12. The molecule has 0 spiro atoms. The van der Waals surface area contributed by atoms with E-state index in [1.54, 1.807) is 0 Å². The largest absolute Gasteiger partial charge is 0.311 e. The number of nitrogens with one attached hydrogen (secondary N) is 1. The van der Waals surface area contributed by atoms with Crippen LogP contribution in [0.1, 0.15) is 64.9 Å². The van der Waals surface area contributed by atoms with Crippen molar-refractivity contribution in [2.75, 3.05) is 13.1 Å². The van der Waals surface area contributed by atoms with Crippen molar-refractivity contribution >= 4 is 0 Å². The van der Waals surface area contributed by atoms with Gasteiger partial charge in [0.25, 0.3) is 0 Å². The number of nitrogens with zero attached hydrogens (tertiary/aromatic N) is 1. The first kappa shape index (κ1) is 17.9. The van der Waals surface area contributed by atoms with Crippen LogP contribution in [0.15, 0.2) is 30.3 Å². The molecule has 2 nitrogen and oxygen atoms in total. The smallest absolute Gasteiger partial charge is 0.0233 e. The summed E-state index contributed by atoms with van der Waals surface area (Å²) in [6.07, 6.45) is 8.21. The molecular formula is C22H36N2. The van der Waals surface area contributed by atoms with Gasteiger partial charge >= 0.3 is 0 Å². The number of piperidine rings is 1. The van der Waals surface area contributed by atoms with Crippen LogP contribution in [0.5, 0.6) is 0 Å². The quantitative estimate of drug-likeness (QED) is 0.850. The maximum absolute atomic E-state index is 3.99. The minimum absolute atomic E-state index is 0.494. The average Bonchev–Trinajstić information content (AvgIpc) is 2.57. The molecule has 0 radical (unpaired) electrons. The van der Waals surface area contributed by atoms with Crippen molar-refractivity contribution < 1.29 is 0 Å². The number of benzene rings is 1. The van der Waals surface area contributed by atoms with E-state index >= 15 is 0 Å². The zero-order chi connectivity index (χ0) is 17.0. The molecule has 0 amide bonds. The molecule has 2 aliphatic rings. The van der Waals surface area contributed by atoms with E-state index in [0.29, 0.717) is 5.41 Å². The Bertz CT molecular complexity index is 474. The van der Waals surface area contributed by atoms with Gasteiger partial charge in [-0.1, -0.05) is 51.1 Å². The van der Waals surface area contributed by atoms with Crippen LogP contribution >= 0.6 is 0 Å². The monoisotopic (exact) mass is 328 g/mol. The Kier molecular flexibility index (Phi) is 5.99. The predicted molar refractivity (Wildman–Crippen MR) is 103 cm³/mol. The molecule has 1 aromatic carbocycles. The number of hydrogen-bond acceptors (Lipinski definition) is 2. The lowest BCUT2D eigenvalue weighted by Gasteiger charge is -2.40. The summed E-state index contributed by atoms with van der Waals surface area (Å²) in [6.45, 7) is 10.8. The van der Waals surface area contributed by atoms with Gasteiger partial charge in [-0.25, -0.2) is 0 Å². The van der Waals surface area contributed by atoms with Crippen molar-refractivity contribution in [3.63, 3.8) is 0 Å².